The topological polar surface area (TPSA) is 74.8 Å². The van der Waals surface area contributed by atoms with Crippen molar-refractivity contribution in [1.29, 1.82) is 0 Å². The average Bonchev–Trinajstić information content (AvgIpc) is 3.60. The number of methoxy groups -OCH3 is 1. The molecule has 1 saturated carbocycles. The number of carbonyl (C=O) groups is 2. The van der Waals surface area contributed by atoms with Crippen molar-refractivity contribution in [3.63, 3.8) is 0 Å². The van der Waals surface area contributed by atoms with Crippen LogP contribution in [-0.4, -0.2) is 55.0 Å². The molecule has 0 bridgehead atoms. The number of aromatic nitrogens is 1. The lowest BCUT2D eigenvalue weighted by Crippen LogP contribution is -2.53. The van der Waals surface area contributed by atoms with Gasteiger partial charge in [-0.15, -0.1) is 0 Å². The Morgan fingerprint density at radius 1 is 1.07 bits per heavy atom. The first-order valence-electron chi connectivity index (χ1n) is 9.99. The van der Waals surface area contributed by atoms with Gasteiger partial charge in [0.25, 0.3) is 0 Å². The molecule has 7 heteroatoms. The molecule has 1 aromatic heterocycles. The third-order valence-corrected chi connectivity index (χ3v) is 5.74. The van der Waals surface area contributed by atoms with Crippen molar-refractivity contribution >= 4 is 17.5 Å². The number of nitrogens with one attached hydrogen (secondary N) is 1. The smallest absolute Gasteiger partial charge is 0.238 e. The Morgan fingerprint density at radius 3 is 2.45 bits per heavy atom. The molecule has 0 unspecified atom stereocenters. The number of hydrogen-bond acceptors (Lipinski definition) is 5. The third-order valence-electron chi connectivity index (χ3n) is 5.74. The van der Waals surface area contributed by atoms with Gasteiger partial charge in [0.2, 0.25) is 11.8 Å². The molecule has 0 spiro atoms. The number of nitrogens with zero attached hydrogens (tertiary/aromatic N) is 3. The van der Waals surface area contributed by atoms with Crippen LogP contribution in [0, 0.1) is 5.41 Å². The Bertz CT molecular complexity index is 875. The monoisotopic (exact) mass is 394 g/mol. The van der Waals surface area contributed by atoms with Crippen molar-refractivity contribution in [2.75, 3.05) is 38.2 Å². The standard InChI is InChI=1S/C22H26N4O3/c1-29-19-8-3-2-7-18(19)25-12-14-26(15-13-25)21(28)22(9-10-22)20(27)24-16-17-6-4-5-11-23-17/h2-8,11H,9-10,12-16H2,1H3,(H,24,27). The van der Waals surface area contributed by atoms with Gasteiger partial charge in [0.05, 0.1) is 25.0 Å². The average molecular weight is 394 g/mol. The van der Waals surface area contributed by atoms with E-state index in [1.54, 1.807) is 13.3 Å². The Kier molecular flexibility index (Phi) is 5.38. The van der Waals surface area contributed by atoms with E-state index >= 15 is 0 Å². The molecule has 2 fully saturated rings. The highest BCUT2D eigenvalue weighted by Crippen LogP contribution is 2.47. The van der Waals surface area contributed by atoms with Gasteiger partial charge in [-0.3, -0.25) is 14.6 Å². The van der Waals surface area contributed by atoms with Gasteiger partial charge in [-0.25, -0.2) is 0 Å². The number of ether oxygens (including phenoxy) is 1. The van der Waals surface area contributed by atoms with Gasteiger partial charge >= 0.3 is 0 Å². The molecule has 2 amide bonds. The minimum Gasteiger partial charge on any atom is -0.495 e. The molecule has 2 aromatic rings. The maximum Gasteiger partial charge on any atom is 0.238 e. The molecule has 1 aliphatic heterocycles. The van der Waals surface area contributed by atoms with Crippen LogP contribution in [0.15, 0.2) is 48.7 Å². The molecule has 1 saturated heterocycles. The van der Waals surface area contributed by atoms with Gasteiger partial charge in [0.15, 0.2) is 0 Å². The number of anilines is 1. The number of rotatable bonds is 6. The fourth-order valence-electron chi connectivity index (χ4n) is 3.85. The highest BCUT2D eigenvalue weighted by atomic mass is 16.5. The Hall–Kier alpha value is -3.09. The SMILES string of the molecule is COc1ccccc1N1CCN(C(=O)C2(C(=O)NCc3ccccn3)CC2)CC1. The van der Waals surface area contributed by atoms with E-state index < -0.39 is 5.41 Å². The van der Waals surface area contributed by atoms with Crippen LogP contribution in [0.25, 0.3) is 0 Å². The number of amides is 2. The summed E-state index contributed by atoms with van der Waals surface area (Å²) in [6, 6.07) is 13.5. The molecule has 152 valence electrons. The van der Waals surface area contributed by atoms with Crippen LogP contribution in [0.4, 0.5) is 5.69 Å². The van der Waals surface area contributed by atoms with Crippen molar-refractivity contribution in [3.05, 3.63) is 54.4 Å². The molecule has 1 N–H and O–H groups in total. The predicted octanol–water partition coefficient (Wildman–Crippen LogP) is 1.84. The largest absolute Gasteiger partial charge is 0.495 e. The van der Waals surface area contributed by atoms with Crippen LogP contribution >= 0.6 is 0 Å². The zero-order chi connectivity index (χ0) is 20.3. The number of hydrogen-bond donors (Lipinski definition) is 1. The summed E-state index contributed by atoms with van der Waals surface area (Å²) in [5.74, 6) is 0.607. The van der Waals surface area contributed by atoms with E-state index in [1.165, 1.54) is 0 Å². The van der Waals surface area contributed by atoms with E-state index in [0.717, 1.165) is 30.2 Å². The van der Waals surface area contributed by atoms with Gasteiger partial charge in [0, 0.05) is 32.4 Å². The normalized spacial score (nSPS) is 17.6. The molecule has 2 heterocycles. The van der Waals surface area contributed by atoms with Crippen LogP contribution in [0.3, 0.4) is 0 Å². The van der Waals surface area contributed by atoms with E-state index in [1.807, 2.05) is 47.4 Å². The summed E-state index contributed by atoms with van der Waals surface area (Å²) in [6.45, 7) is 2.99. The molecular formula is C22H26N4O3. The lowest BCUT2D eigenvalue weighted by molar-refractivity contribution is -0.144. The first-order valence-corrected chi connectivity index (χ1v) is 9.99. The van der Waals surface area contributed by atoms with Crippen molar-refractivity contribution < 1.29 is 14.3 Å². The van der Waals surface area contributed by atoms with Gasteiger partial charge in [-0.2, -0.15) is 0 Å². The fourth-order valence-corrected chi connectivity index (χ4v) is 3.85. The summed E-state index contributed by atoms with van der Waals surface area (Å²) >= 11 is 0. The third kappa shape index (κ3) is 3.90. The van der Waals surface area contributed by atoms with Gasteiger partial charge < -0.3 is 19.9 Å². The minimum atomic E-state index is -0.888. The summed E-state index contributed by atoms with van der Waals surface area (Å²) in [4.78, 5) is 34.1. The fraction of sp³-hybridized carbons (Fsp3) is 0.409. The maximum absolute atomic E-state index is 13.1. The number of pyridine rings is 1. The lowest BCUT2D eigenvalue weighted by Gasteiger charge is -2.38. The van der Waals surface area contributed by atoms with E-state index in [4.69, 9.17) is 4.74 Å². The van der Waals surface area contributed by atoms with Crippen molar-refractivity contribution in [3.8, 4) is 5.75 Å². The molecule has 4 rings (SSSR count). The molecule has 1 aliphatic carbocycles. The Balaban J connectivity index is 1.35. The van der Waals surface area contributed by atoms with E-state index in [2.05, 4.69) is 15.2 Å². The number of para-hydroxylation sites is 2. The highest BCUT2D eigenvalue weighted by Gasteiger charge is 2.58. The van der Waals surface area contributed by atoms with Crippen molar-refractivity contribution in [2.24, 2.45) is 5.41 Å². The number of piperazine rings is 1. The summed E-state index contributed by atoms with van der Waals surface area (Å²) in [7, 11) is 1.67. The number of benzene rings is 1. The van der Waals surface area contributed by atoms with Gasteiger partial charge in [-0.05, 0) is 37.1 Å². The quantitative estimate of drug-likeness (QED) is 0.757. The molecule has 7 nitrogen and oxygen atoms in total. The van der Waals surface area contributed by atoms with Crippen molar-refractivity contribution in [1.82, 2.24) is 15.2 Å². The first-order chi connectivity index (χ1) is 14.1. The summed E-state index contributed by atoms with van der Waals surface area (Å²) in [5, 5.41) is 2.90. The highest BCUT2D eigenvalue weighted by molar-refractivity contribution is 6.07. The Morgan fingerprint density at radius 2 is 1.79 bits per heavy atom. The zero-order valence-electron chi connectivity index (χ0n) is 16.6. The van der Waals surface area contributed by atoms with Crippen LogP contribution in [0.5, 0.6) is 5.75 Å². The lowest BCUT2D eigenvalue weighted by atomic mass is 10.0. The van der Waals surface area contributed by atoms with Gasteiger partial charge in [0.1, 0.15) is 11.2 Å². The summed E-state index contributed by atoms with van der Waals surface area (Å²) in [5.41, 5.74) is 0.937. The molecule has 0 radical (unpaired) electrons. The maximum atomic E-state index is 13.1. The van der Waals surface area contributed by atoms with E-state index in [-0.39, 0.29) is 11.8 Å². The minimum absolute atomic E-state index is 0.0457. The molecule has 0 atom stereocenters. The predicted molar refractivity (Wildman–Crippen MR) is 110 cm³/mol. The second-order valence-corrected chi connectivity index (χ2v) is 7.54. The summed E-state index contributed by atoms with van der Waals surface area (Å²) < 4.78 is 5.45. The van der Waals surface area contributed by atoms with Crippen molar-refractivity contribution in [2.45, 2.75) is 19.4 Å². The number of carbonyl (C=O) groups excluding carboxylic acids is 2. The zero-order valence-corrected chi connectivity index (χ0v) is 16.6. The van der Waals surface area contributed by atoms with Crippen LogP contribution in [0.2, 0.25) is 0 Å². The first kappa shape index (κ1) is 19.2. The summed E-state index contributed by atoms with van der Waals surface area (Å²) in [6.07, 6.45) is 2.93. The molecule has 29 heavy (non-hydrogen) atoms. The van der Waals surface area contributed by atoms with E-state index in [9.17, 15) is 9.59 Å². The second-order valence-electron chi connectivity index (χ2n) is 7.54. The molecule has 2 aliphatic rings. The van der Waals surface area contributed by atoms with Crippen LogP contribution in [0.1, 0.15) is 18.5 Å². The van der Waals surface area contributed by atoms with Crippen LogP contribution in [-0.2, 0) is 16.1 Å². The van der Waals surface area contributed by atoms with Crippen LogP contribution < -0.4 is 15.0 Å². The van der Waals surface area contributed by atoms with E-state index in [0.29, 0.717) is 32.5 Å². The molecular weight excluding hydrogens is 368 g/mol. The Labute approximate surface area is 170 Å². The molecule has 1 aromatic carbocycles. The van der Waals surface area contributed by atoms with Gasteiger partial charge in [-0.1, -0.05) is 18.2 Å². The second kappa shape index (κ2) is 8.11.